The Morgan fingerprint density at radius 1 is 0.957 bits per heavy atom. The lowest BCUT2D eigenvalue weighted by Crippen LogP contribution is -2.36. The monoisotopic (exact) mass is 311 g/mol. The second-order valence-corrected chi connectivity index (χ2v) is 5.57. The van der Waals surface area contributed by atoms with Gasteiger partial charge in [0.05, 0.1) is 5.56 Å². The van der Waals surface area contributed by atoms with Gasteiger partial charge in [0.1, 0.15) is 6.10 Å². The molecule has 1 atom stereocenters. The van der Waals surface area contributed by atoms with Crippen molar-refractivity contribution in [1.82, 2.24) is 4.90 Å². The first-order chi connectivity index (χ1) is 11.2. The molecule has 2 aromatic rings. The van der Waals surface area contributed by atoms with Gasteiger partial charge >= 0.3 is 5.97 Å². The maximum atomic E-state index is 12.4. The van der Waals surface area contributed by atoms with Gasteiger partial charge in [-0.2, -0.15) is 0 Å². The maximum absolute atomic E-state index is 12.4. The first kappa shape index (κ1) is 17.2. The summed E-state index contributed by atoms with van der Waals surface area (Å²) >= 11 is 0. The molecule has 2 rings (SSSR count). The van der Waals surface area contributed by atoms with Gasteiger partial charge in [-0.05, 0) is 30.8 Å². The van der Waals surface area contributed by atoms with Gasteiger partial charge in [-0.15, -0.1) is 0 Å². The highest BCUT2D eigenvalue weighted by Crippen LogP contribution is 2.11. The number of ether oxygens (including phenoxy) is 1. The van der Waals surface area contributed by atoms with E-state index in [1.165, 1.54) is 5.56 Å². The number of carbonyl (C=O) groups is 1. The van der Waals surface area contributed by atoms with E-state index in [0.717, 1.165) is 26.1 Å². The summed E-state index contributed by atoms with van der Waals surface area (Å²) in [5.74, 6) is -0.251. The van der Waals surface area contributed by atoms with Gasteiger partial charge in [-0.3, -0.25) is 0 Å². The molecule has 0 aliphatic heterocycles. The molecule has 1 unspecified atom stereocenters. The molecular weight excluding hydrogens is 286 g/mol. The van der Waals surface area contributed by atoms with Gasteiger partial charge in [-0.25, -0.2) is 4.79 Å². The Labute approximate surface area is 138 Å². The third-order valence-electron chi connectivity index (χ3n) is 3.95. The quantitative estimate of drug-likeness (QED) is 0.695. The van der Waals surface area contributed by atoms with Crippen LogP contribution in [0.25, 0.3) is 0 Å². The average molecular weight is 311 g/mol. The van der Waals surface area contributed by atoms with Crippen molar-refractivity contribution in [3.05, 3.63) is 71.8 Å². The Hall–Kier alpha value is -2.13. The van der Waals surface area contributed by atoms with Crippen molar-refractivity contribution in [3.63, 3.8) is 0 Å². The first-order valence-corrected chi connectivity index (χ1v) is 8.25. The van der Waals surface area contributed by atoms with Crippen molar-refractivity contribution in [3.8, 4) is 0 Å². The average Bonchev–Trinajstić information content (AvgIpc) is 2.61. The molecule has 0 aliphatic rings. The zero-order valence-electron chi connectivity index (χ0n) is 13.9. The predicted molar refractivity (Wildman–Crippen MR) is 93.6 cm³/mol. The molecule has 122 valence electrons. The fourth-order valence-corrected chi connectivity index (χ4v) is 2.58. The molecule has 3 heteroatoms. The number of carbonyl (C=O) groups excluding carboxylic acids is 1. The summed E-state index contributed by atoms with van der Waals surface area (Å²) in [7, 11) is 0. The molecule has 0 saturated heterocycles. The number of rotatable bonds is 8. The standard InChI is InChI=1S/C20H25NO2/c1-3-21(4-2)16-19(15-17-11-7-5-8-12-17)23-20(22)18-13-9-6-10-14-18/h5-14,19H,3-4,15-16H2,1-2H3. The Bertz CT molecular complexity index is 579. The lowest BCUT2D eigenvalue weighted by atomic mass is 10.1. The molecular formula is C20H25NO2. The van der Waals surface area contributed by atoms with Crippen LogP contribution in [0.15, 0.2) is 60.7 Å². The lowest BCUT2D eigenvalue weighted by Gasteiger charge is -2.25. The zero-order valence-corrected chi connectivity index (χ0v) is 13.9. The molecule has 0 fully saturated rings. The SMILES string of the molecule is CCN(CC)CC(Cc1ccccc1)OC(=O)c1ccccc1. The topological polar surface area (TPSA) is 29.5 Å². The van der Waals surface area contributed by atoms with E-state index in [1.54, 1.807) is 12.1 Å². The molecule has 3 nitrogen and oxygen atoms in total. The smallest absolute Gasteiger partial charge is 0.338 e. The van der Waals surface area contributed by atoms with Crippen molar-refractivity contribution < 1.29 is 9.53 Å². The normalized spacial score (nSPS) is 12.1. The second-order valence-electron chi connectivity index (χ2n) is 5.57. The van der Waals surface area contributed by atoms with Crippen LogP contribution in [0.2, 0.25) is 0 Å². The third kappa shape index (κ3) is 5.53. The van der Waals surface area contributed by atoms with Crippen molar-refractivity contribution in [2.24, 2.45) is 0 Å². The molecule has 23 heavy (non-hydrogen) atoms. The van der Waals surface area contributed by atoms with Crippen molar-refractivity contribution in [1.29, 1.82) is 0 Å². The van der Waals surface area contributed by atoms with E-state index in [2.05, 4.69) is 30.9 Å². The molecule has 0 N–H and O–H groups in total. The van der Waals surface area contributed by atoms with Crippen LogP contribution in [0, 0.1) is 0 Å². The Balaban J connectivity index is 2.07. The van der Waals surface area contributed by atoms with E-state index in [9.17, 15) is 4.79 Å². The summed E-state index contributed by atoms with van der Waals surface area (Å²) in [6.07, 6.45) is 0.584. The molecule has 0 bridgehead atoms. The Morgan fingerprint density at radius 2 is 1.52 bits per heavy atom. The highest BCUT2D eigenvalue weighted by Gasteiger charge is 2.18. The number of esters is 1. The third-order valence-corrected chi connectivity index (χ3v) is 3.95. The summed E-state index contributed by atoms with van der Waals surface area (Å²) < 4.78 is 5.79. The van der Waals surface area contributed by atoms with Gasteiger partial charge in [0.15, 0.2) is 0 Å². The fourth-order valence-electron chi connectivity index (χ4n) is 2.58. The number of benzene rings is 2. The molecule has 0 amide bonds. The van der Waals surface area contributed by atoms with Gasteiger partial charge in [-0.1, -0.05) is 62.4 Å². The van der Waals surface area contributed by atoms with Crippen LogP contribution in [0.3, 0.4) is 0 Å². The molecule has 0 aliphatic carbocycles. The number of nitrogens with zero attached hydrogens (tertiary/aromatic N) is 1. The molecule has 2 aromatic carbocycles. The van der Waals surface area contributed by atoms with Gasteiger partial charge in [0, 0.05) is 13.0 Å². The van der Waals surface area contributed by atoms with E-state index in [-0.39, 0.29) is 12.1 Å². The molecule has 0 saturated carbocycles. The van der Waals surface area contributed by atoms with E-state index in [4.69, 9.17) is 4.74 Å². The van der Waals surface area contributed by atoms with Crippen LogP contribution in [0.4, 0.5) is 0 Å². The van der Waals surface area contributed by atoms with Crippen LogP contribution in [0.1, 0.15) is 29.8 Å². The van der Waals surface area contributed by atoms with Gasteiger partial charge in [0.2, 0.25) is 0 Å². The fraction of sp³-hybridized carbons (Fsp3) is 0.350. The lowest BCUT2D eigenvalue weighted by molar-refractivity contribution is 0.0212. The number of likely N-dealkylation sites (N-methyl/N-ethyl adjacent to an activating group) is 1. The summed E-state index contributed by atoms with van der Waals surface area (Å²) in [5.41, 5.74) is 1.79. The van der Waals surface area contributed by atoms with E-state index < -0.39 is 0 Å². The van der Waals surface area contributed by atoms with Crippen LogP contribution >= 0.6 is 0 Å². The zero-order chi connectivity index (χ0) is 16.5. The largest absolute Gasteiger partial charge is 0.457 e. The van der Waals surface area contributed by atoms with E-state index in [1.807, 2.05) is 36.4 Å². The summed E-state index contributed by atoms with van der Waals surface area (Å²) in [4.78, 5) is 14.6. The minimum atomic E-state index is -0.251. The van der Waals surface area contributed by atoms with Crippen LogP contribution in [-0.4, -0.2) is 36.6 Å². The Morgan fingerprint density at radius 3 is 2.09 bits per heavy atom. The minimum Gasteiger partial charge on any atom is -0.457 e. The Kier molecular flexibility index (Phi) is 6.82. The predicted octanol–water partition coefficient (Wildman–Crippen LogP) is 3.80. The maximum Gasteiger partial charge on any atom is 0.338 e. The molecule has 0 aromatic heterocycles. The first-order valence-electron chi connectivity index (χ1n) is 8.25. The second kappa shape index (κ2) is 9.11. The van der Waals surface area contributed by atoms with Crippen LogP contribution in [-0.2, 0) is 11.2 Å². The van der Waals surface area contributed by atoms with Crippen LogP contribution < -0.4 is 0 Å². The van der Waals surface area contributed by atoms with Crippen molar-refractivity contribution in [2.75, 3.05) is 19.6 Å². The molecule has 0 spiro atoms. The summed E-state index contributed by atoms with van der Waals surface area (Å²) in [6.45, 7) is 6.90. The molecule has 0 radical (unpaired) electrons. The summed E-state index contributed by atoms with van der Waals surface area (Å²) in [6, 6.07) is 19.4. The highest BCUT2D eigenvalue weighted by atomic mass is 16.5. The number of hydrogen-bond donors (Lipinski definition) is 0. The summed E-state index contributed by atoms with van der Waals surface area (Å²) in [5, 5.41) is 0. The van der Waals surface area contributed by atoms with Crippen molar-refractivity contribution >= 4 is 5.97 Å². The highest BCUT2D eigenvalue weighted by molar-refractivity contribution is 5.89. The molecule has 0 heterocycles. The van der Waals surface area contributed by atoms with E-state index >= 15 is 0 Å². The van der Waals surface area contributed by atoms with Gasteiger partial charge < -0.3 is 9.64 Å². The van der Waals surface area contributed by atoms with Crippen molar-refractivity contribution in [2.45, 2.75) is 26.4 Å². The van der Waals surface area contributed by atoms with E-state index in [0.29, 0.717) is 5.56 Å². The number of hydrogen-bond acceptors (Lipinski definition) is 3. The van der Waals surface area contributed by atoms with Gasteiger partial charge in [0.25, 0.3) is 0 Å². The van der Waals surface area contributed by atoms with Crippen LogP contribution in [0.5, 0.6) is 0 Å². The minimum absolute atomic E-state index is 0.148.